The highest BCUT2D eigenvalue weighted by molar-refractivity contribution is 5.17. The Hall–Kier alpha value is -1.01. The lowest BCUT2D eigenvalue weighted by Gasteiger charge is -2.39. The second-order valence-corrected chi connectivity index (χ2v) is 4.03. The van der Waals surface area contributed by atoms with E-state index in [4.69, 9.17) is 19.8 Å². The molecule has 1 rings (SSSR count). The topological polar surface area (TPSA) is 123 Å². The second kappa shape index (κ2) is 6.80. The van der Waals surface area contributed by atoms with Crippen molar-refractivity contribution >= 4 is 0 Å². The average Bonchev–Trinajstić information content (AvgIpc) is 2.38. The first-order chi connectivity index (χ1) is 8.51. The van der Waals surface area contributed by atoms with Crippen LogP contribution in [0, 0.1) is 11.3 Å². The lowest BCUT2D eigenvalue weighted by molar-refractivity contribution is -0.298. The molecule has 18 heavy (non-hydrogen) atoms. The Labute approximate surface area is 104 Å². The number of hydrogen-bond acceptors (Lipinski definition) is 7. The first kappa shape index (κ1) is 15.0. The number of allylic oxidation sites excluding steroid dienone is 1. The van der Waals surface area contributed by atoms with Crippen molar-refractivity contribution in [3.63, 3.8) is 0 Å². The van der Waals surface area contributed by atoms with Crippen molar-refractivity contribution in [2.75, 3.05) is 13.2 Å². The summed E-state index contributed by atoms with van der Waals surface area (Å²) >= 11 is 0. The van der Waals surface area contributed by atoms with Gasteiger partial charge in [-0.3, -0.25) is 0 Å². The molecule has 0 aliphatic carbocycles. The van der Waals surface area contributed by atoms with Crippen LogP contribution in [0.1, 0.15) is 6.92 Å². The average molecular weight is 259 g/mol. The van der Waals surface area contributed by atoms with Crippen LogP contribution in [0.4, 0.5) is 0 Å². The Balaban J connectivity index is 2.57. The first-order valence-electron chi connectivity index (χ1n) is 5.50. The monoisotopic (exact) mass is 259 g/mol. The summed E-state index contributed by atoms with van der Waals surface area (Å²) in [5.74, 6) is 0. The molecule has 102 valence electrons. The molecule has 0 amide bonds. The van der Waals surface area contributed by atoms with Gasteiger partial charge in [0.15, 0.2) is 6.29 Å². The molecule has 0 aromatic heterocycles. The van der Waals surface area contributed by atoms with E-state index in [2.05, 4.69) is 0 Å². The molecule has 7 nitrogen and oxygen atoms in total. The van der Waals surface area contributed by atoms with Crippen molar-refractivity contribution in [2.24, 2.45) is 0 Å². The van der Waals surface area contributed by atoms with Gasteiger partial charge in [-0.25, -0.2) is 0 Å². The second-order valence-electron chi connectivity index (χ2n) is 4.03. The lowest BCUT2D eigenvalue weighted by Crippen LogP contribution is -2.59. The molecule has 1 heterocycles. The van der Waals surface area contributed by atoms with E-state index >= 15 is 0 Å². The standard InChI is InChI=1S/C11H17NO6/c1-6(4-12)2-3-17-11-10(16)9(15)8(14)7(5-13)18-11/h2,7-11,13-16H,3,5H2,1H3/b6-2-/t7-,8-,9+,10-,11-/m1/s1. The highest BCUT2D eigenvalue weighted by Crippen LogP contribution is 2.21. The Morgan fingerprint density at radius 3 is 2.56 bits per heavy atom. The van der Waals surface area contributed by atoms with Crippen LogP contribution in [0.25, 0.3) is 0 Å². The molecule has 0 radical (unpaired) electrons. The first-order valence-corrected chi connectivity index (χ1v) is 5.50. The van der Waals surface area contributed by atoms with Crippen LogP contribution in [0.15, 0.2) is 11.6 Å². The summed E-state index contributed by atoms with van der Waals surface area (Å²) in [4.78, 5) is 0. The number of hydrogen-bond donors (Lipinski definition) is 4. The maximum atomic E-state index is 9.62. The summed E-state index contributed by atoms with van der Waals surface area (Å²) in [5.41, 5.74) is 0.444. The third kappa shape index (κ3) is 3.49. The third-order valence-electron chi connectivity index (χ3n) is 2.67. The summed E-state index contributed by atoms with van der Waals surface area (Å²) in [6.45, 7) is 1.11. The van der Waals surface area contributed by atoms with Gasteiger partial charge < -0.3 is 29.9 Å². The highest BCUT2D eigenvalue weighted by Gasteiger charge is 2.43. The molecule has 7 heteroatoms. The molecule has 0 bridgehead atoms. The quantitative estimate of drug-likeness (QED) is 0.442. The van der Waals surface area contributed by atoms with Crippen molar-refractivity contribution in [2.45, 2.75) is 37.6 Å². The normalized spacial score (nSPS) is 37.3. The minimum atomic E-state index is -1.46. The molecule has 1 saturated heterocycles. The van der Waals surface area contributed by atoms with Gasteiger partial charge >= 0.3 is 0 Å². The van der Waals surface area contributed by atoms with Crippen LogP contribution < -0.4 is 0 Å². The van der Waals surface area contributed by atoms with Gasteiger partial charge in [0.05, 0.1) is 19.3 Å². The molecule has 5 atom stereocenters. The Morgan fingerprint density at radius 2 is 2.00 bits per heavy atom. The maximum Gasteiger partial charge on any atom is 0.187 e. The molecular formula is C11H17NO6. The maximum absolute atomic E-state index is 9.62. The van der Waals surface area contributed by atoms with Crippen molar-refractivity contribution < 1.29 is 29.9 Å². The number of aliphatic hydroxyl groups excluding tert-OH is 4. The van der Waals surface area contributed by atoms with Gasteiger partial charge in [0.1, 0.15) is 24.4 Å². The van der Waals surface area contributed by atoms with E-state index in [1.165, 1.54) is 6.08 Å². The molecule has 0 spiro atoms. The van der Waals surface area contributed by atoms with Gasteiger partial charge in [-0.2, -0.15) is 5.26 Å². The van der Waals surface area contributed by atoms with Crippen LogP contribution in [0.3, 0.4) is 0 Å². The summed E-state index contributed by atoms with van der Waals surface area (Å²) < 4.78 is 10.2. The van der Waals surface area contributed by atoms with Crippen LogP contribution >= 0.6 is 0 Å². The smallest absolute Gasteiger partial charge is 0.187 e. The van der Waals surface area contributed by atoms with Gasteiger partial charge in [0, 0.05) is 5.57 Å². The summed E-state index contributed by atoms with van der Waals surface area (Å²) in [6, 6.07) is 1.90. The zero-order valence-corrected chi connectivity index (χ0v) is 9.93. The molecule has 0 unspecified atom stereocenters. The van der Waals surface area contributed by atoms with Crippen molar-refractivity contribution in [3.05, 3.63) is 11.6 Å². The van der Waals surface area contributed by atoms with Gasteiger partial charge in [-0.15, -0.1) is 0 Å². The Bertz CT molecular complexity index is 337. The van der Waals surface area contributed by atoms with Gasteiger partial charge in [0.25, 0.3) is 0 Å². The van der Waals surface area contributed by atoms with Crippen LogP contribution in [0.2, 0.25) is 0 Å². The number of nitriles is 1. The largest absolute Gasteiger partial charge is 0.394 e. The fraction of sp³-hybridized carbons (Fsp3) is 0.727. The minimum Gasteiger partial charge on any atom is -0.394 e. The summed E-state index contributed by atoms with van der Waals surface area (Å²) in [6.07, 6.45) is -4.94. The minimum absolute atomic E-state index is 0.0160. The SMILES string of the molecule is C/C(C#N)=C/CO[C@@H]1O[C@H](CO)[C@@H](O)[C@H](O)[C@H]1O. The van der Waals surface area contributed by atoms with Gasteiger partial charge in [0.2, 0.25) is 0 Å². The molecule has 0 saturated carbocycles. The van der Waals surface area contributed by atoms with E-state index in [0.29, 0.717) is 5.57 Å². The molecular weight excluding hydrogens is 242 g/mol. The van der Waals surface area contributed by atoms with Gasteiger partial charge in [-0.05, 0) is 13.0 Å². The van der Waals surface area contributed by atoms with Gasteiger partial charge in [-0.1, -0.05) is 0 Å². The van der Waals surface area contributed by atoms with Crippen LogP contribution in [-0.4, -0.2) is 64.3 Å². The summed E-state index contributed by atoms with van der Waals surface area (Å²) in [7, 11) is 0. The summed E-state index contributed by atoms with van der Waals surface area (Å²) in [5, 5.41) is 46.1. The van der Waals surface area contributed by atoms with Crippen LogP contribution in [-0.2, 0) is 9.47 Å². The fourth-order valence-corrected chi connectivity index (χ4v) is 1.52. The van der Waals surface area contributed by atoms with Crippen molar-refractivity contribution in [1.82, 2.24) is 0 Å². The molecule has 0 aromatic carbocycles. The lowest BCUT2D eigenvalue weighted by atomic mass is 9.99. The predicted octanol–water partition coefficient (Wildman–Crippen LogP) is -1.73. The van der Waals surface area contributed by atoms with Crippen molar-refractivity contribution in [3.8, 4) is 6.07 Å². The van der Waals surface area contributed by atoms with Crippen LogP contribution in [0.5, 0.6) is 0 Å². The van der Waals surface area contributed by atoms with E-state index in [1.807, 2.05) is 6.07 Å². The zero-order chi connectivity index (χ0) is 13.7. The number of rotatable bonds is 4. The zero-order valence-electron chi connectivity index (χ0n) is 9.93. The molecule has 4 N–H and O–H groups in total. The van der Waals surface area contributed by atoms with Crippen molar-refractivity contribution in [1.29, 1.82) is 5.26 Å². The Kier molecular flexibility index (Phi) is 5.68. The predicted molar refractivity (Wildman–Crippen MR) is 59.1 cm³/mol. The third-order valence-corrected chi connectivity index (χ3v) is 2.67. The van der Waals surface area contributed by atoms with E-state index in [0.717, 1.165) is 0 Å². The molecule has 1 aliphatic rings. The fourth-order valence-electron chi connectivity index (χ4n) is 1.52. The van der Waals surface area contributed by atoms with E-state index in [-0.39, 0.29) is 6.61 Å². The Morgan fingerprint density at radius 1 is 1.33 bits per heavy atom. The van der Waals surface area contributed by atoms with E-state index < -0.39 is 37.3 Å². The molecule has 1 aliphatic heterocycles. The highest BCUT2D eigenvalue weighted by atomic mass is 16.7. The molecule has 1 fully saturated rings. The number of aliphatic hydroxyl groups is 4. The van der Waals surface area contributed by atoms with E-state index in [9.17, 15) is 15.3 Å². The number of ether oxygens (including phenoxy) is 2. The molecule has 0 aromatic rings. The van der Waals surface area contributed by atoms with E-state index in [1.54, 1.807) is 6.92 Å². The number of nitrogens with zero attached hydrogens (tertiary/aromatic N) is 1.